The summed E-state index contributed by atoms with van der Waals surface area (Å²) in [6.45, 7) is 7.51. The van der Waals surface area contributed by atoms with E-state index in [0.717, 1.165) is 11.0 Å². The van der Waals surface area contributed by atoms with Crippen molar-refractivity contribution >= 4 is 22.9 Å². The molecule has 0 saturated heterocycles. The van der Waals surface area contributed by atoms with Crippen molar-refractivity contribution in [1.29, 1.82) is 0 Å². The van der Waals surface area contributed by atoms with E-state index in [-0.39, 0.29) is 17.9 Å². The molecule has 3 N–H and O–H groups in total. The first-order chi connectivity index (χ1) is 12.8. The van der Waals surface area contributed by atoms with E-state index in [1.54, 1.807) is 13.8 Å². The minimum absolute atomic E-state index is 0.117. The second-order valence-electron chi connectivity index (χ2n) is 6.95. The molecule has 1 aromatic carbocycles. The van der Waals surface area contributed by atoms with Gasteiger partial charge < -0.3 is 20.0 Å². The molecule has 0 fully saturated rings. The number of esters is 1. The molecule has 3 rings (SSSR count). The number of hydrogen-bond acceptors (Lipinski definition) is 4. The third-order valence-corrected chi connectivity index (χ3v) is 4.71. The van der Waals surface area contributed by atoms with Gasteiger partial charge >= 0.3 is 5.97 Å². The highest BCUT2D eigenvalue weighted by molar-refractivity contribution is 6.00. The molecule has 0 aliphatic carbocycles. The van der Waals surface area contributed by atoms with Crippen LogP contribution in [-0.4, -0.2) is 33.9 Å². The van der Waals surface area contributed by atoms with Crippen LogP contribution in [0.4, 0.5) is 0 Å². The van der Waals surface area contributed by atoms with Crippen LogP contribution < -0.4 is 5.32 Å². The van der Waals surface area contributed by atoms with E-state index in [0.29, 0.717) is 28.3 Å². The van der Waals surface area contributed by atoms with Gasteiger partial charge in [-0.1, -0.05) is 26.0 Å². The molecule has 0 spiro atoms. The molecule has 0 saturated carbocycles. The highest BCUT2D eigenvalue weighted by Crippen LogP contribution is 2.24. The Labute approximate surface area is 157 Å². The first kappa shape index (κ1) is 18.7. The number of imidazole rings is 1. The lowest BCUT2D eigenvalue weighted by Crippen LogP contribution is -2.33. The molecule has 1 unspecified atom stereocenters. The number of nitrogens with one attached hydrogen (secondary N) is 3. The molecule has 0 aliphatic rings. The molecule has 2 aromatic heterocycles. The van der Waals surface area contributed by atoms with E-state index < -0.39 is 5.97 Å². The normalized spacial score (nSPS) is 12.4. The van der Waals surface area contributed by atoms with Crippen LogP contribution in [0.15, 0.2) is 24.3 Å². The first-order valence-electron chi connectivity index (χ1n) is 8.86. The predicted molar refractivity (Wildman–Crippen MR) is 103 cm³/mol. The number of hydrogen-bond donors (Lipinski definition) is 3. The molecule has 142 valence electrons. The Balaban J connectivity index is 1.91. The van der Waals surface area contributed by atoms with E-state index in [9.17, 15) is 9.59 Å². The second kappa shape index (κ2) is 7.26. The highest BCUT2D eigenvalue weighted by atomic mass is 16.5. The third kappa shape index (κ3) is 3.45. The van der Waals surface area contributed by atoms with Crippen molar-refractivity contribution in [3.8, 4) is 0 Å². The summed E-state index contributed by atoms with van der Waals surface area (Å²) in [5, 5.41) is 3.03. The van der Waals surface area contributed by atoms with Gasteiger partial charge in [-0.05, 0) is 37.5 Å². The first-order valence-corrected chi connectivity index (χ1v) is 8.86. The molecule has 7 nitrogen and oxygen atoms in total. The van der Waals surface area contributed by atoms with Crippen molar-refractivity contribution < 1.29 is 14.3 Å². The number of para-hydroxylation sites is 2. The molecule has 1 atom stereocenters. The number of ether oxygens (including phenoxy) is 1. The average molecular weight is 368 g/mol. The summed E-state index contributed by atoms with van der Waals surface area (Å²) in [6, 6.07) is 7.44. The number of aromatic nitrogens is 3. The van der Waals surface area contributed by atoms with Gasteiger partial charge in [0.05, 0.1) is 29.7 Å². The largest absolute Gasteiger partial charge is 0.465 e. The Morgan fingerprint density at radius 3 is 2.48 bits per heavy atom. The Morgan fingerprint density at radius 2 is 1.85 bits per heavy atom. The van der Waals surface area contributed by atoms with Crippen LogP contribution in [0, 0.1) is 19.8 Å². The lowest BCUT2D eigenvalue weighted by Gasteiger charge is -2.20. The van der Waals surface area contributed by atoms with Crippen LogP contribution in [0.3, 0.4) is 0 Å². The van der Waals surface area contributed by atoms with Crippen LogP contribution in [0.2, 0.25) is 0 Å². The summed E-state index contributed by atoms with van der Waals surface area (Å²) in [5.41, 5.74) is 3.71. The molecule has 2 heterocycles. The number of aromatic amines is 2. The lowest BCUT2D eigenvalue weighted by molar-refractivity contribution is 0.0599. The number of rotatable bonds is 5. The fourth-order valence-corrected chi connectivity index (χ4v) is 3.27. The molecule has 0 bridgehead atoms. The molecule has 27 heavy (non-hydrogen) atoms. The number of amides is 1. The quantitative estimate of drug-likeness (QED) is 0.601. The van der Waals surface area contributed by atoms with Crippen LogP contribution in [0.25, 0.3) is 11.0 Å². The molecule has 0 aliphatic heterocycles. The zero-order chi connectivity index (χ0) is 19.7. The van der Waals surface area contributed by atoms with Gasteiger partial charge in [-0.3, -0.25) is 4.79 Å². The van der Waals surface area contributed by atoms with Crippen LogP contribution in [0.5, 0.6) is 0 Å². The maximum Gasteiger partial charge on any atom is 0.339 e. The van der Waals surface area contributed by atoms with Crippen molar-refractivity contribution in [2.24, 2.45) is 5.92 Å². The van der Waals surface area contributed by atoms with Gasteiger partial charge in [0, 0.05) is 5.69 Å². The smallest absolute Gasteiger partial charge is 0.339 e. The summed E-state index contributed by atoms with van der Waals surface area (Å²) in [5.74, 6) is 0.0718. The number of fused-ring (bicyclic) bond motifs is 1. The van der Waals surface area contributed by atoms with Gasteiger partial charge in [-0.15, -0.1) is 0 Å². The van der Waals surface area contributed by atoms with Gasteiger partial charge in [0.25, 0.3) is 5.91 Å². The minimum Gasteiger partial charge on any atom is -0.465 e. The molecule has 1 amide bonds. The maximum atomic E-state index is 12.9. The van der Waals surface area contributed by atoms with Crippen LogP contribution >= 0.6 is 0 Å². The summed E-state index contributed by atoms with van der Waals surface area (Å²) in [4.78, 5) is 35.8. The number of nitrogens with zero attached hydrogens (tertiary/aromatic N) is 1. The molecule has 3 aromatic rings. The topological polar surface area (TPSA) is 99.9 Å². The Morgan fingerprint density at radius 1 is 1.15 bits per heavy atom. The monoisotopic (exact) mass is 368 g/mol. The van der Waals surface area contributed by atoms with E-state index in [2.05, 4.69) is 20.3 Å². The number of carbonyl (C=O) groups excluding carboxylic acids is 2. The lowest BCUT2D eigenvalue weighted by atomic mass is 10.0. The van der Waals surface area contributed by atoms with Gasteiger partial charge in [0.2, 0.25) is 0 Å². The van der Waals surface area contributed by atoms with Crippen molar-refractivity contribution in [3.63, 3.8) is 0 Å². The number of carbonyl (C=O) groups is 2. The molecular formula is C20H24N4O3. The molecule has 0 radical (unpaired) electrons. The van der Waals surface area contributed by atoms with E-state index in [1.807, 2.05) is 38.1 Å². The van der Waals surface area contributed by atoms with Gasteiger partial charge in [-0.25, -0.2) is 9.78 Å². The Hall–Kier alpha value is -3.09. The zero-order valence-corrected chi connectivity index (χ0v) is 16.1. The van der Waals surface area contributed by atoms with Crippen molar-refractivity contribution in [3.05, 3.63) is 52.6 Å². The second-order valence-corrected chi connectivity index (χ2v) is 6.95. The molecular weight excluding hydrogens is 344 g/mol. The fraction of sp³-hybridized carbons (Fsp3) is 0.350. The summed E-state index contributed by atoms with van der Waals surface area (Å²) in [7, 11) is 1.32. The van der Waals surface area contributed by atoms with Crippen LogP contribution in [0.1, 0.15) is 57.8 Å². The predicted octanol–water partition coefficient (Wildman–Crippen LogP) is 3.42. The number of methoxy groups -OCH3 is 1. The SMILES string of the molecule is COC(=O)c1c(C)[nH]c(C(=O)NC(c2nc3ccccc3[nH]2)C(C)C)c1C. The Bertz CT molecular complexity index is 967. The average Bonchev–Trinajstić information content (AvgIpc) is 3.19. The van der Waals surface area contributed by atoms with Gasteiger partial charge in [-0.2, -0.15) is 0 Å². The number of benzene rings is 1. The third-order valence-electron chi connectivity index (χ3n) is 4.71. The summed E-state index contributed by atoms with van der Waals surface area (Å²) in [6.07, 6.45) is 0. The number of H-pyrrole nitrogens is 2. The minimum atomic E-state index is -0.460. The van der Waals surface area contributed by atoms with E-state index in [1.165, 1.54) is 7.11 Å². The van der Waals surface area contributed by atoms with E-state index in [4.69, 9.17) is 4.74 Å². The fourth-order valence-electron chi connectivity index (χ4n) is 3.27. The van der Waals surface area contributed by atoms with Gasteiger partial charge in [0.15, 0.2) is 0 Å². The summed E-state index contributed by atoms with van der Waals surface area (Å²) < 4.78 is 4.81. The van der Waals surface area contributed by atoms with E-state index >= 15 is 0 Å². The van der Waals surface area contributed by atoms with Gasteiger partial charge in [0.1, 0.15) is 11.5 Å². The standard InChI is InChI=1S/C20H24N4O3/c1-10(2)16(18-22-13-8-6-7-9-14(13)23-18)24-19(25)17-11(3)15(12(4)21-17)20(26)27-5/h6-10,16,21H,1-5H3,(H,22,23)(H,24,25). The van der Waals surface area contributed by atoms with Crippen LogP contribution in [-0.2, 0) is 4.74 Å². The highest BCUT2D eigenvalue weighted by Gasteiger charge is 2.27. The van der Waals surface area contributed by atoms with Crippen molar-refractivity contribution in [1.82, 2.24) is 20.3 Å². The van der Waals surface area contributed by atoms with Crippen molar-refractivity contribution in [2.75, 3.05) is 7.11 Å². The zero-order valence-electron chi connectivity index (χ0n) is 16.1. The number of aryl methyl sites for hydroxylation is 1. The maximum absolute atomic E-state index is 12.9. The Kier molecular flexibility index (Phi) is 5.03. The summed E-state index contributed by atoms with van der Waals surface area (Å²) >= 11 is 0. The molecule has 7 heteroatoms. The van der Waals surface area contributed by atoms with Crippen molar-refractivity contribution in [2.45, 2.75) is 33.7 Å².